The zero-order valence-corrected chi connectivity index (χ0v) is 34.7. The van der Waals surface area contributed by atoms with Gasteiger partial charge in [0.05, 0.1) is 5.41 Å². The second-order valence-electron chi connectivity index (χ2n) is 17.9. The molecule has 0 radical (unpaired) electrons. The van der Waals surface area contributed by atoms with Crippen LogP contribution in [-0.4, -0.2) is 15.0 Å². The molecule has 0 bridgehead atoms. The topological polar surface area (TPSA) is 38.7 Å². The van der Waals surface area contributed by atoms with E-state index in [9.17, 15) is 0 Å². The molecule has 0 unspecified atom stereocenters. The van der Waals surface area contributed by atoms with Gasteiger partial charge in [0.2, 0.25) is 0 Å². The number of benzene rings is 8. The van der Waals surface area contributed by atoms with Gasteiger partial charge >= 0.3 is 0 Å². The third-order valence-electron chi connectivity index (χ3n) is 14.0. The third-order valence-corrected chi connectivity index (χ3v) is 14.0. The van der Waals surface area contributed by atoms with Crippen molar-refractivity contribution in [1.29, 1.82) is 0 Å². The second kappa shape index (κ2) is 12.9. The van der Waals surface area contributed by atoms with E-state index in [1.807, 2.05) is 36.4 Å². The summed E-state index contributed by atoms with van der Waals surface area (Å²) in [4.78, 5) is 15.7. The van der Waals surface area contributed by atoms with Crippen molar-refractivity contribution in [3.05, 3.63) is 233 Å². The molecular weight excluding hydrogens is 739 g/mol. The first-order valence-corrected chi connectivity index (χ1v) is 21.4. The molecule has 61 heavy (non-hydrogen) atoms. The second-order valence-corrected chi connectivity index (χ2v) is 17.9. The Morgan fingerprint density at radius 1 is 0.279 bits per heavy atom. The van der Waals surface area contributed by atoms with Gasteiger partial charge in [-0.3, -0.25) is 0 Å². The van der Waals surface area contributed by atoms with Crippen molar-refractivity contribution in [1.82, 2.24) is 15.0 Å². The molecule has 1 spiro atoms. The Morgan fingerprint density at radius 3 is 1.38 bits per heavy atom. The highest BCUT2D eigenvalue weighted by molar-refractivity contribution is 5.97. The molecule has 0 aliphatic heterocycles. The predicted octanol–water partition coefficient (Wildman–Crippen LogP) is 13.8. The number of hydrogen-bond donors (Lipinski definition) is 0. The minimum atomic E-state index is -0.568. The van der Waals surface area contributed by atoms with Crippen LogP contribution in [0.5, 0.6) is 0 Å². The van der Waals surface area contributed by atoms with Crippen molar-refractivity contribution in [3.63, 3.8) is 0 Å². The molecule has 8 aromatic carbocycles. The van der Waals surface area contributed by atoms with Crippen LogP contribution in [0.2, 0.25) is 0 Å². The zero-order valence-electron chi connectivity index (χ0n) is 34.7. The van der Waals surface area contributed by atoms with Crippen LogP contribution in [0, 0.1) is 0 Å². The van der Waals surface area contributed by atoms with Crippen LogP contribution in [0.15, 0.2) is 188 Å². The highest BCUT2D eigenvalue weighted by Gasteiger charge is 2.54. The third kappa shape index (κ3) is 4.95. The summed E-state index contributed by atoms with van der Waals surface area (Å²) in [5.41, 5.74) is 20.1. The van der Waals surface area contributed by atoms with E-state index in [-0.39, 0.29) is 10.8 Å². The summed E-state index contributed by atoms with van der Waals surface area (Å²) in [5.74, 6) is 1.97. The van der Waals surface area contributed by atoms with Gasteiger partial charge in [-0.25, -0.2) is 15.0 Å². The summed E-state index contributed by atoms with van der Waals surface area (Å²) in [6, 6.07) is 68.8. The monoisotopic (exact) mass is 781 g/mol. The largest absolute Gasteiger partial charge is 0.208 e. The Kier molecular flexibility index (Phi) is 7.54. The van der Waals surface area contributed by atoms with Crippen molar-refractivity contribution in [2.45, 2.75) is 43.9 Å². The van der Waals surface area contributed by atoms with Gasteiger partial charge in [0, 0.05) is 27.5 Å². The van der Waals surface area contributed by atoms with Crippen LogP contribution in [-0.2, 0) is 16.2 Å². The van der Waals surface area contributed by atoms with Crippen molar-refractivity contribution < 1.29 is 0 Å². The van der Waals surface area contributed by atoms with Crippen LogP contribution < -0.4 is 0 Å². The number of rotatable bonds is 4. The molecule has 9 aromatic rings. The van der Waals surface area contributed by atoms with Gasteiger partial charge in [-0.1, -0.05) is 204 Å². The number of fused-ring (bicyclic) bond motifs is 12. The summed E-state index contributed by atoms with van der Waals surface area (Å²) < 4.78 is 0. The van der Waals surface area contributed by atoms with Crippen LogP contribution in [0.25, 0.3) is 67.5 Å². The van der Waals surface area contributed by atoms with E-state index in [1.165, 1.54) is 77.9 Å². The molecular formula is C58H43N3. The van der Waals surface area contributed by atoms with Crippen molar-refractivity contribution in [3.8, 4) is 67.5 Å². The maximum Gasteiger partial charge on any atom is 0.164 e. The lowest BCUT2D eigenvalue weighted by atomic mass is 9.55. The van der Waals surface area contributed by atoms with Gasteiger partial charge in [-0.05, 0) is 90.0 Å². The number of nitrogens with zero attached hydrogens (tertiary/aromatic N) is 3. The molecule has 0 saturated heterocycles. The fraction of sp³-hybridized carbons (Fsp3) is 0.121. The van der Waals surface area contributed by atoms with Gasteiger partial charge < -0.3 is 0 Å². The molecule has 0 atom stereocenters. The van der Waals surface area contributed by atoms with Gasteiger partial charge in [0.25, 0.3) is 0 Å². The number of hydrogen-bond acceptors (Lipinski definition) is 3. The summed E-state index contributed by atoms with van der Waals surface area (Å²) >= 11 is 0. The SMILES string of the molecule is CC1(C)c2ccccc2-c2ccc(-c3ccc4c(c3)-c3c(-c5nc(-c6ccccc6)nc(-c6ccccc6)n5)cccc3C43c4ccccc4C(C)(C)c4ccccc43)cc21. The average molecular weight is 782 g/mol. The minimum absolute atomic E-state index is 0.101. The fourth-order valence-corrected chi connectivity index (χ4v) is 11.1. The molecule has 12 rings (SSSR count). The average Bonchev–Trinajstić information content (AvgIpc) is 3.74. The van der Waals surface area contributed by atoms with E-state index in [4.69, 9.17) is 15.0 Å². The molecule has 1 aromatic heterocycles. The maximum absolute atomic E-state index is 5.33. The maximum atomic E-state index is 5.33. The Hall–Kier alpha value is -7.23. The van der Waals surface area contributed by atoms with Gasteiger partial charge in [-0.15, -0.1) is 0 Å². The quantitative estimate of drug-likeness (QED) is 0.178. The molecule has 0 saturated carbocycles. The molecule has 3 aliphatic carbocycles. The van der Waals surface area contributed by atoms with E-state index in [0.29, 0.717) is 17.5 Å². The van der Waals surface area contributed by atoms with Crippen molar-refractivity contribution >= 4 is 0 Å². The normalized spacial score (nSPS) is 15.3. The Labute approximate surface area is 357 Å². The van der Waals surface area contributed by atoms with E-state index in [1.54, 1.807) is 0 Å². The molecule has 3 nitrogen and oxygen atoms in total. The molecule has 0 amide bonds. The smallest absolute Gasteiger partial charge is 0.164 e. The highest BCUT2D eigenvalue weighted by Crippen LogP contribution is 2.63. The molecule has 3 heteroatoms. The summed E-state index contributed by atoms with van der Waals surface area (Å²) in [6.07, 6.45) is 0. The molecule has 0 N–H and O–H groups in total. The highest BCUT2D eigenvalue weighted by atomic mass is 15.0. The summed E-state index contributed by atoms with van der Waals surface area (Å²) in [5, 5.41) is 0. The first kappa shape index (κ1) is 35.7. The molecule has 3 aliphatic rings. The van der Waals surface area contributed by atoms with Crippen LogP contribution in [0.3, 0.4) is 0 Å². The van der Waals surface area contributed by atoms with Gasteiger partial charge in [0.15, 0.2) is 17.5 Å². The Bertz CT molecular complexity index is 3140. The first-order valence-electron chi connectivity index (χ1n) is 21.4. The first-order chi connectivity index (χ1) is 29.8. The van der Waals surface area contributed by atoms with Crippen LogP contribution >= 0.6 is 0 Å². The van der Waals surface area contributed by atoms with E-state index < -0.39 is 5.41 Å². The molecule has 0 fully saturated rings. The number of aromatic nitrogens is 3. The standard InChI is InChI=1S/C58H43N3/c1-56(2)44-24-12-11-22-40(44)41-32-30-39(35-51(41)56)38-31-33-45-43(34-38)52-42(55-60-53(36-18-7-5-8-19-36)59-54(61-55)37-20-9-6-10-21-37)23-17-29-50(52)58(45)48-27-15-13-25-46(48)57(3,4)47-26-14-16-28-49(47)58/h5-35H,1-4H3. The predicted molar refractivity (Wildman–Crippen MR) is 249 cm³/mol. The van der Waals surface area contributed by atoms with Gasteiger partial charge in [-0.2, -0.15) is 0 Å². The van der Waals surface area contributed by atoms with E-state index in [2.05, 4.69) is 179 Å². The van der Waals surface area contributed by atoms with Crippen molar-refractivity contribution in [2.75, 3.05) is 0 Å². The Morgan fingerprint density at radius 2 is 0.738 bits per heavy atom. The van der Waals surface area contributed by atoms with Crippen molar-refractivity contribution in [2.24, 2.45) is 0 Å². The van der Waals surface area contributed by atoms with Crippen LogP contribution in [0.1, 0.15) is 72.2 Å². The lowest BCUT2D eigenvalue weighted by molar-refractivity contribution is 0.563. The Balaban J connectivity index is 1.16. The lowest BCUT2D eigenvalue weighted by Gasteiger charge is -2.46. The summed E-state index contributed by atoms with van der Waals surface area (Å²) in [6.45, 7) is 9.47. The zero-order chi connectivity index (χ0) is 41.1. The van der Waals surface area contributed by atoms with Crippen LogP contribution in [0.4, 0.5) is 0 Å². The molecule has 1 heterocycles. The van der Waals surface area contributed by atoms with Gasteiger partial charge in [0.1, 0.15) is 0 Å². The fourth-order valence-electron chi connectivity index (χ4n) is 11.1. The summed E-state index contributed by atoms with van der Waals surface area (Å²) in [7, 11) is 0. The van der Waals surface area contributed by atoms with E-state index >= 15 is 0 Å². The molecule has 290 valence electrons. The minimum Gasteiger partial charge on any atom is -0.208 e. The lowest BCUT2D eigenvalue weighted by Crippen LogP contribution is -2.40. The van der Waals surface area contributed by atoms with E-state index in [0.717, 1.165) is 16.7 Å².